The largest absolute Gasteiger partial charge is 0.481 e. The Morgan fingerprint density at radius 3 is 2.25 bits per heavy atom. The number of aliphatic carboxylic acids is 1. The number of carbonyl (C=O) groups excluding carboxylic acids is 1. The Morgan fingerprint density at radius 1 is 1.50 bits per heavy atom. The Kier molecular flexibility index (Phi) is 4.28. The molecule has 0 radical (unpaired) electrons. The molecule has 0 heterocycles. The van der Waals surface area contributed by atoms with E-state index in [0.29, 0.717) is 6.42 Å². The molecule has 0 saturated heterocycles. The molecule has 5 N–H and O–H groups in total. The van der Waals surface area contributed by atoms with E-state index in [9.17, 15) is 9.59 Å². The molecule has 0 aliphatic heterocycles. The number of amides is 1. The van der Waals surface area contributed by atoms with Crippen LogP contribution >= 0.6 is 0 Å². The topological polar surface area (TPSA) is 106 Å². The molecule has 0 aromatic rings. The van der Waals surface area contributed by atoms with Crippen LogP contribution in [0.4, 0.5) is 0 Å². The zero-order valence-corrected chi connectivity index (χ0v) is 6.99. The van der Waals surface area contributed by atoms with Crippen LogP contribution in [0.15, 0.2) is 0 Å². The van der Waals surface area contributed by atoms with E-state index >= 15 is 0 Å². The molecule has 0 spiro atoms. The van der Waals surface area contributed by atoms with Gasteiger partial charge >= 0.3 is 5.97 Å². The summed E-state index contributed by atoms with van der Waals surface area (Å²) in [5.41, 5.74) is 10.2. The van der Waals surface area contributed by atoms with Gasteiger partial charge < -0.3 is 16.6 Å². The van der Waals surface area contributed by atoms with Gasteiger partial charge in [-0.1, -0.05) is 6.92 Å². The van der Waals surface area contributed by atoms with E-state index in [2.05, 4.69) is 0 Å². The highest BCUT2D eigenvalue weighted by Gasteiger charge is 2.21. The lowest BCUT2D eigenvalue weighted by molar-refractivity contribution is -0.142. The fourth-order valence-electron chi connectivity index (χ4n) is 0.865. The molecule has 70 valence electrons. The Labute approximate surface area is 70.7 Å². The van der Waals surface area contributed by atoms with Crippen LogP contribution in [0.2, 0.25) is 0 Å². The first-order chi connectivity index (χ1) is 5.49. The van der Waals surface area contributed by atoms with Crippen molar-refractivity contribution in [3.05, 3.63) is 0 Å². The molecule has 0 fully saturated rings. The minimum Gasteiger partial charge on any atom is -0.481 e. The van der Waals surface area contributed by atoms with Crippen molar-refractivity contribution in [2.75, 3.05) is 0 Å². The number of primary amides is 1. The van der Waals surface area contributed by atoms with E-state index in [4.69, 9.17) is 16.6 Å². The maximum absolute atomic E-state index is 10.5. The molecule has 5 heteroatoms. The molecule has 0 bridgehead atoms. The van der Waals surface area contributed by atoms with Crippen LogP contribution in [-0.4, -0.2) is 23.0 Å². The van der Waals surface area contributed by atoms with E-state index in [-0.39, 0.29) is 6.42 Å². The van der Waals surface area contributed by atoms with Gasteiger partial charge in [-0.2, -0.15) is 0 Å². The van der Waals surface area contributed by atoms with Crippen molar-refractivity contribution >= 4 is 11.9 Å². The normalized spacial score (nSPS) is 15.2. The molecular weight excluding hydrogens is 160 g/mol. The first-order valence-electron chi connectivity index (χ1n) is 3.76. The first-order valence-corrected chi connectivity index (χ1v) is 3.76. The Morgan fingerprint density at radius 2 is 2.00 bits per heavy atom. The molecule has 0 aromatic carbocycles. The van der Waals surface area contributed by atoms with Gasteiger partial charge in [0.15, 0.2) is 0 Å². The van der Waals surface area contributed by atoms with E-state index < -0.39 is 23.8 Å². The van der Waals surface area contributed by atoms with E-state index in [1.165, 1.54) is 0 Å². The summed E-state index contributed by atoms with van der Waals surface area (Å²) in [4.78, 5) is 21.0. The monoisotopic (exact) mass is 174 g/mol. The van der Waals surface area contributed by atoms with Crippen LogP contribution in [0.25, 0.3) is 0 Å². The molecule has 1 amide bonds. The quantitative estimate of drug-likeness (QED) is 0.512. The smallest absolute Gasteiger partial charge is 0.306 e. The van der Waals surface area contributed by atoms with Crippen LogP contribution in [0, 0.1) is 5.92 Å². The zero-order chi connectivity index (χ0) is 9.72. The second-order valence-corrected chi connectivity index (χ2v) is 2.69. The summed E-state index contributed by atoms with van der Waals surface area (Å²) in [5.74, 6) is -2.17. The summed E-state index contributed by atoms with van der Waals surface area (Å²) in [6.07, 6.45) is 0.567. The van der Waals surface area contributed by atoms with Crippen molar-refractivity contribution in [2.24, 2.45) is 17.4 Å². The van der Waals surface area contributed by atoms with Crippen LogP contribution in [-0.2, 0) is 9.59 Å². The fourth-order valence-corrected chi connectivity index (χ4v) is 0.865. The maximum atomic E-state index is 10.5. The number of carboxylic acid groups (broad SMARTS) is 1. The zero-order valence-electron chi connectivity index (χ0n) is 6.99. The lowest BCUT2D eigenvalue weighted by Crippen LogP contribution is -2.39. The SMILES string of the molecule is CCC(CC(N)C(N)=O)C(=O)O. The van der Waals surface area contributed by atoms with E-state index in [1.54, 1.807) is 6.92 Å². The van der Waals surface area contributed by atoms with Crippen molar-refractivity contribution in [1.29, 1.82) is 0 Å². The average Bonchev–Trinajstić information content (AvgIpc) is 1.98. The summed E-state index contributed by atoms with van der Waals surface area (Å²) < 4.78 is 0. The highest BCUT2D eigenvalue weighted by Crippen LogP contribution is 2.09. The van der Waals surface area contributed by atoms with Crippen LogP contribution < -0.4 is 11.5 Å². The van der Waals surface area contributed by atoms with Gasteiger partial charge in [0.2, 0.25) is 5.91 Å². The third-order valence-corrected chi connectivity index (χ3v) is 1.75. The molecule has 0 aromatic heterocycles. The van der Waals surface area contributed by atoms with Crippen molar-refractivity contribution in [2.45, 2.75) is 25.8 Å². The lowest BCUT2D eigenvalue weighted by atomic mass is 9.98. The minimum absolute atomic E-state index is 0.112. The summed E-state index contributed by atoms with van der Waals surface area (Å²) in [7, 11) is 0. The molecule has 0 aliphatic carbocycles. The first kappa shape index (κ1) is 10.9. The van der Waals surface area contributed by atoms with Gasteiger partial charge in [-0.3, -0.25) is 9.59 Å². The van der Waals surface area contributed by atoms with Gasteiger partial charge in [0, 0.05) is 0 Å². The van der Waals surface area contributed by atoms with Crippen molar-refractivity contribution in [3.63, 3.8) is 0 Å². The predicted molar refractivity (Wildman–Crippen MR) is 43.2 cm³/mol. The number of hydrogen-bond acceptors (Lipinski definition) is 3. The van der Waals surface area contributed by atoms with Crippen molar-refractivity contribution in [1.82, 2.24) is 0 Å². The molecule has 0 saturated carbocycles. The second kappa shape index (κ2) is 4.71. The van der Waals surface area contributed by atoms with Crippen LogP contribution in [0.3, 0.4) is 0 Å². The Hall–Kier alpha value is -1.10. The lowest BCUT2D eigenvalue weighted by Gasteiger charge is -2.12. The van der Waals surface area contributed by atoms with Gasteiger partial charge in [0.1, 0.15) is 0 Å². The summed E-state index contributed by atoms with van der Waals surface area (Å²) in [6, 6.07) is -0.856. The molecule has 12 heavy (non-hydrogen) atoms. The third kappa shape index (κ3) is 3.34. The molecule has 2 atom stereocenters. The van der Waals surface area contributed by atoms with Gasteiger partial charge in [-0.05, 0) is 12.8 Å². The number of nitrogens with two attached hydrogens (primary N) is 2. The van der Waals surface area contributed by atoms with Gasteiger partial charge in [-0.15, -0.1) is 0 Å². The number of rotatable bonds is 5. The van der Waals surface area contributed by atoms with Gasteiger partial charge in [-0.25, -0.2) is 0 Å². The Balaban J connectivity index is 4.02. The fraction of sp³-hybridized carbons (Fsp3) is 0.714. The van der Waals surface area contributed by atoms with E-state index in [0.717, 1.165) is 0 Å². The number of carboxylic acids is 1. The molecule has 2 unspecified atom stereocenters. The molecule has 0 aliphatic rings. The summed E-state index contributed by atoms with van der Waals surface area (Å²) >= 11 is 0. The van der Waals surface area contributed by atoms with Gasteiger partial charge in [0.05, 0.1) is 12.0 Å². The number of carbonyl (C=O) groups is 2. The summed E-state index contributed by atoms with van der Waals surface area (Å²) in [5, 5.41) is 8.60. The molecular formula is C7H14N2O3. The maximum Gasteiger partial charge on any atom is 0.306 e. The average molecular weight is 174 g/mol. The number of hydrogen-bond donors (Lipinski definition) is 3. The third-order valence-electron chi connectivity index (χ3n) is 1.75. The van der Waals surface area contributed by atoms with Crippen LogP contribution in [0.5, 0.6) is 0 Å². The highest BCUT2D eigenvalue weighted by atomic mass is 16.4. The molecule has 0 rings (SSSR count). The second-order valence-electron chi connectivity index (χ2n) is 2.69. The standard InChI is InChI=1S/C7H14N2O3/c1-2-4(7(11)12)3-5(8)6(9)10/h4-5H,2-3,8H2,1H3,(H2,9,10)(H,11,12). The van der Waals surface area contributed by atoms with Crippen LogP contribution in [0.1, 0.15) is 19.8 Å². The highest BCUT2D eigenvalue weighted by molar-refractivity contribution is 5.80. The van der Waals surface area contributed by atoms with Gasteiger partial charge in [0.25, 0.3) is 0 Å². The minimum atomic E-state index is -0.936. The van der Waals surface area contributed by atoms with Crippen molar-refractivity contribution in [3.8, 4) is 0 Å². The molecule has 5 nitrogen and oxygen atoms in total. The van der Waals surface area contributed by atoms with E-state index in [1.807, 2.05) is 0 Å². The van der Waals surface area contributed by atoms with Crippen molar-refractivity contribution < 1.29 is 14.7 Å². The Bertz CT molecular complexity index is 181. The predicted octanol–water partition coefficient (Wildman–Crippen LogP) is -0.700. The summed E-state index contributed by atoms with van der Waals surface area (Å²) in [6.45, 7) is 1.73.